The normalized spacial score (nSPS) is 26.8. The maximum absolute atomic E-state index is 5.97. The Hall–Kier alpha value is -1.14. The van der Waals surface area contributed by atoms with E-state index in [1.165, 1.54) is 17.8 Å². The van der Waals surface area contributed by atoms with E-state index in [-0.39, 0.29) is 5.41 Å². The van der Waals surface area contributed by atoms with Crippen LogP contribution in [0.1, 0.15) is 17.1 Å². The minimum atomic E-state index is 0.278. The van der Waals surface area contributed by atoms with Crippen LogP contribution in [0.25, 0.3) is 0 Å². The maximum Gasteiger partial charge on any atom is 0.117 e. The molecule has 4 heterocycles. The molecule has 0 radical (unpaired) electrons. The summed E-state index contributed by atoms with van der Waals surface area (Å²) in [6.45, 7) is 8.11. The van der Waals surface area contributed by atoms with Gasteiger partial charge in [-0.25, -0.2) is 0 Å². The van der Waals surface area contributed by atoms with Crippen molar-refractivity contribution in [3.63, 3.8) is 0 Å². The molecule has 0 saturated carbocycles. The second-order valence-electron chi connectivity index (χ2n) is 6.88. The van der Waals surface area contributed by atoms with Crippen molar-refractivity contribution in [1.82, 2.24) is 9.80 Å². The first kappa shape index (κ1) is 15.4. The Morgan fingerprint density at radius 1 is 1.09 bits per heavy atom. The molecular weight excluding hydrogens is 308 g/mol. The fourth-order valence-corrected chi connectivity index (χ4v) is 4.62. The van der Waals surface area contributed by atoms with Crippen molar-refractivity contribution >= 4 is 11.3 Å². The Morgan fingerprint density at radius 3 is 2.78 bits per heavy atom. The van der Waals surface area contributed by atoms with Gasteiger partial charge in [-0.1, -0.05) is 6.07 Å². The van der Waals surface area contributed by atoms with Crippen molar-refractivity contribution in [2.24, 2.45) is 5.41 Å². The van der Waals surface area contributed by atoms with Gasteiger partial charge in [0.25, 0.3) is 0 Å². The lowest BCUT2D eigenvalue weighted by Crippen LogP contribution is -2.40. The van der Waals surface area contributed by atoms with Crippen molar-refractivity contribution in [1.29, 1.82) is 0 Å². The molecule has 23 heavy (non-hydrogen) atoms. The molecule has 0 aliphatic carbocycles. The number of rotatable bonds is 4. The Labute approximate surface area is 141 Å². The van der Waals surface area contributed by atoms with Crippen LogP contribution < -0.4 is 0 Å². The van der Waals surface area contributed by atoms with E-state index >= 15 is 0 Å². The summed E-state index contributed by atoms with van der Waals surface area (Å²) in [5.41, 5.74) is 0.278. The van der Waals surface area contributed by atoms with Crippen LogP contribution in [0.3, 0.4) is 0 Å². The van der Waals surface area contributed by atoms with Gasteiger partial charge >= 0.3 is 0 Å². The van der Waals surface area contributed by atoms with Crippen LogP contribution in [-0.2, 0) is 17.8 Å². The zero-order chi connectivity index (χ0) is 15.5. The molecule has 2 fully saturated rings. The lowest BCUT2D eigenvalue weighted by Gasteiger charge is -2.31. The molecule has 2 aliphatic heterocycles. The average molecular weight is 332 g/mol. The van der Waals surface area contributed by atoms with Gasteiger partial charge in [0.2, 0.25) is 0 Å². The standard InChI is InChI=1S/C18H24N2O2S/c1-3-16(22-8-1)11-20-7-9-21-15-18(14-20)5-6-19(13-18)12-17-4-2-10-23-17/h1-4,8,10H,5-7,9,11-15H2. The molecule has 0 aromatic carbocycles. The van der Waals surface area contributed by atoms with E-state index in [9.17, 15) is 0 Å². The van der Waals surface area contributed by atoms with Crippen molar-refractivity contribution in [3.8, 4) is 0 Å². The second kappa shape index (κ2) is 6.77. The molecule has 1 unspecified atom stereocenters. The number of nitrogens with zero attached hydrogens (tertiary/aromatic N) is 2. The molecule has 5 heteroatoms. The smallest absolute Gasteiger partial charge is 0.117 e. The van der Waals surface area contributed by atoms with Gasteiger partial charge in [0.05, 0.1) is 26.0 Å². The van der Waals surface area contributed by atoms with E-state index in [4.69, 9.17) is 9.15 Å². The fraction of sp³-hybridized carbons (Fsp3) is 0.556. The molecule has 1 spiro atoms. The van der Waals surface area contributed by atoms with E-state index in [0.29, 0.717) is 0 Å². The van der Waals surface area contributed by atoms with Crippen LogP contribution in [0.2, 0.25) is 0 Å². The van der Waals surface area contributed by atoms with Gasteiger partial charge in [0.15, 0.2) is 0 Å². The Morgan fingerprint density at radius 2 is 2.00 bits per heavy atom. The van der Waals surface area contributed by atoms with Gasteiger partial charge in [0.1, 0.15) is 5.76 Å². The van der Waals surface area contributed by atoms with E-state index in [0.717, 1.165) is 51.7 Å². The fourth-order valence-electron chi connectivity index (χ4n) is 3.87. The monoisotopic (exact) mass is 332 g/mol. The summed E-state index contributed by atoms with van der Waals surface area (Å²) >= 11 is 1.86. The molecule has 0 amide bonds. The Balaban J connectivity index is 1.40. The summed E-state index contributed by atoms with van der Waals surface area (Å²) in [7, 11) is 0. The Kier molecular flexibility index (Phi) is 4.53. The zero-order valence-corrected chi connectivity index (χ0v) is 14.3. The van der Waals surface area contributed by atoms with Crippen LogP contribution in [0.15, 0.2) is 40.3 Å². The number of likely N-dealkylation sites (tertiary alicyclic amines) is 1. The summed E-state index contributed by atoms with van der Waals surface area (Å²) in [5.74, 6) is 1.05. The number of hydrogen-bond acceptors (Lipinski definition) is 5. The molecule has 124 valence electrons. The molecule has 0 bridgehead atoms. The van der Waals surface area contributed by atoms with Gasteiger partial charge in [-0.05, 0) is 36.5 Å². The SMILES string of the molecule is c1coc(CN2CCOCC3(CCN(Cc4cccs4)C3)C2)c1. The van der Waals surface area contributed by atoms with E-state index in [2.05, 4.69) is 33.4 Å². The molecule has 2 saturated heterocycles. The highest BCUT2D eigenvalue weighted by Crippen LogP contribution is 2.35. The first-order valence-electron chi connectivity index (χ1n) is 8.39. The van der Waals surface area contributed by atoms with Crippen molar-refractivity contribution in [3.05, 3.63) is 46.5 Å². The number of hydrogen-bond donors (Lipinski definition) is 0. The molecule has 2 aromatic rings. The highest BCUT2D eigenvalue weighted by molar-refractivity contribution is 7.09. The number of furan rings is 1. The quantitative estimate of drug-likeness (QED) is 0.860. The van der Waals surface area contributed by atoms with Crippen LogP contribution in [0, 0.1) is 5.41 Å². The third kappa shape index (κ3) is 3.69. The summed E-state index contributed by atoms with van der Waals surface area (Å²) in [5, 5.41) is 2.17. The topological polar surface area (TPSA) is 28.9 Å². The molecule has 2 aliphatic rings. The number of ether oxygens (including phenoxy) is 1. The summed E-state index contributed by atoms with van der Waals surface area (Å²) in [4.78, 5) is 6.55. The summed E-state index contributed by atoms with van der Waals surface area (Å²) in [6, 6.07) is 8.42. The average Bonchev–Trinajstić information content (AvgIpc) is 3.25. The predicted molar refractivity (Wildman–Crippen MR) is 91.5 cm³/mol. The van der Waals surface area contributed by atoms with Crippen molar-refractivity contribution in [2.75, 3.05) is 39.4 Å². The maximum atomic E-state index is 5.97. The number of thiophene rings is 1. The van der Waals surface area contributed by atoms with E-state index < -0.39 is 0 Å². The van der Waals surface area contributed by atoms with Crippen LogP contribution in [0.4, 0.5) is 0 Å². The highest BCUT2D eigenvalue weighted by Gasteiger charge is 2.41. The van der Waals surface area contributed by atoms with Crippen LogP contribution >= 0.6 is 11.3 Å². The lowest BCUT2D eigenvalue weighted by molar-refractivity contribution is 0.0705. The van der Waals surface area contributed by atoms with Crippen molar-refractivity contribution in [2.45, 2.75) is 19.5 Å². The molecule has 1 atom stereocenters. The highest BCUT2D eigenvalue weighted by atomic mass is 32.1. The lowest BCUT2D eigenvalue weighted by atomic mass is 9.87. The molecule has 4 rings (SSSR count). The van der Waals surface area contributed by atoms with Gasteiger partial charge < -0.3 is 9.15 Å². The van der Waals surface area contributed by atoms with Crippen LogP contribution in [0.5, 0.6) is 0 Å². The summed E-state index contributed by atoms with van der Waals surface area (Å²) < 4.78 is 11.5. The van der Waals surface area contributed by atoms with Gasteiger partial charge in [-0.15, -0.1) is 11.3 Å². The van der Waals surface area contributed by atoms with Crippen molar-refractivity contribution < 1.29 is 9.15 Å². The third-order valence-electron chi connectivity index (χ3n) is 4.96. The van der Waals surface area contributed by atoms with Gasteiger partial charge in [0, 0.05) is 36.5 Å². The predicted octanol–water partition coefficient (Wildman–Crippen LogP) is 3.07. The van der Waals surface area contributed by atoms with E-state index in [1.54, 1.807) is 6.26 Å². The largest absolute Gasteiger partial charge is 0.468 e. The molecule has 2 aromatic heterocycles. The second-order valence-corrected chi connectivity index (χ2v) is 7.91. The first-order chi connectivity index (χ1) is 11.3. The first-order valence-corrected chi connectivity index (χ1v) is 9.27. The van der Waals surface area contributed by atoms with Crippen LogP contribution in [-0.4, -0.2) is 49.2 Å². The van der Waals surface area contributed by atoms with E-state index in [1.807, 2.05) is 17.4 Å². The van der Waals surface area contributed by atoms with Gasteiger partial charge in [-0.2, -0.15) is 0 Å². The Bertz CT molecular complexity index is 599. The third-order valence-corrected chi connectivity index (χ3v) is 5.82. The minimum Gasteiger partial charge on any atom is -0.468 e. The van der Waals surface area contributed by atoms with Gasteiger partial charge in [-0.3, -0.25) is 9.80 Å². The molecular formula is C18H24N2O2S. The molecule has 4 nitrogen and oxygen atoms in total. The summed E-state index contributed by atoms with van der Waals surface area (Å²) in [6.07, 6.45) is 2.99. The zero-order valence-electron chi connectivity index (χ0n) is 13.4. The molecule has 0 N–H and O–H groups in total. The minimum absolute atomic E-state index is 0.278.